The Balaban J connectivity index is 2.35. The maximum atomic E-state index is 5.86. The lowest BCUT2D eigenvalue weighted by Gasteiger charge is -2.04. The molecule has 0 atom stereocenters. The molecule has 0 spiro atoms. The standard InChI is InChI=1S/C14H16N4/c1-9-5-3-4-6-13(9)17-18-14-7-10(2)11(15)8-12(14)16/h3-8H,15-16H2,1-2H3. The average Bonchev–Trinajstić information content (AvgIpc) is 2.34. The molecule has 0 heterocycles. The molecule has 0 radical (unpaired) electrons. The highest BCUT2D eigenvalue weighted by Gasteiger charge is 2.02. The largest absolute Gasteiger partial charge is 0.398 e. The molecule has 92 valence electrons. The minimum atomic E-state index is 0.537. The van der Waals surface area contributed by atoms with Crippen LogP contribution in [0.3, 0.4) is 0 Å². The molecular formula is C14H16N4. The predicted octanol–water partition coefficient (Wildman–Crippen LogP) is 3.88. The molecule has 0 aromatic heterocycles. The average molecular weight is 240 g/mol. The first-order valence-electron chi connectivity index (χ1n) is 5.71. The molecule has 4 heteroatoms. The van der Waals surface area contributed by atoms with Gasteiger partial charge in [0.15, 0.2) is 0 Å². The number of nitrogen functional groups attached to an aromatic ring is 2. The summed E-state index contributed by atoms with van der Waals surface area (Å²) >= 11 is 0. The zero-order valence-electron chi connectivity index (χ0n) is 10.5. The second kappa shape index (κ2) is 4.87. The lowest BCUT2D eigenvalue weighted by atomic mass is 10.1. The quantitative estimate of drug-likeness (QED) is 0.617. The van der Waals surface area contributed by atoms with Crippen LogP contribution in [0, 0.1) is 13.8 Å². The molecule has 0 aliphatic rings. The highest BCUT2D eigenvalue weighted by atomic mass is 15.1. The summed E-state index contributed by atoms with van der Waals surface area (Å²) in [6.07, 6.45) is 0. The molecule has 0 aliphatic heterocycles. The van der Waals surface area contributed by atoms with Crippen molar-refractivity contribution >= 4 is 22.7 Å². The maximum Gasteiger partial charge on any atom is 0.109 e. The molecule has 0 saturated carbocycles. The lowest BCUT2D eigenvalue weighted by Crippen LogP contribution is -1.93. The molecule has 2 rings (SSSR count). The van der Waals surface area contributed by atoms with E-state index in [4.69, 9.17) is 11.5 Å². The number of benzene rings is 2. The summed E-state index contributed by atoms with van der Waals surface area (Å²) in [6, 6.07) is 11.4. The van der Waals surface area contributed by atoms with E-state index in [1.54, 1.807) is 6.07 Å². The number of hydrogen-bond donors (Lipinski definition) is 2. The van der Waals surface area contributed by atoms with Gasteiger partial charge in [0.1, 0.15) is 5.69 Å². The van der Waals surface area contributed by atoms with Crippen molar-refractivity contribution in [2.45, 2.75) is 13.8 Å². The molecule has 4 nitrogen and oxygen atoms in total. The minimum absolute atomic E-state index is 0.537. The van der Waals surface area contributed by atoms with Crippen LogP contribution in [-0.4, -0.2) is 0 Å². The van der Waals surface area contributed by atoms with Crippen molar-refractivity contribution in [3.63, 3.8) is 0 Å². The van der Waals surface area contributed by atoms with Crippen LogP contribution >= 0.6 is 0 Å². The summed E-state index contributed by atoms with van der Waals surface area (Å²) in [7, 11) is 0. The number of rotatable bonds is 2. The van der Waals surface area contributed by atoms with E-state index in [1.807, 2.05) is 44.2 Å². The zero-order chi connectivity index (χ0) is 13.1. The Morgan fingerprint density at radius 3 is 2.17 bits per heavy atom. The highest BCUT2D eigenvalue weighted by Crippen LogP contribution is 2.29. The van der Waals surface area contributed by atoms with E-state index in [0.717, 1.165) is 16.8 Å². The first-order valence-corrected chi connectivity index (χ1v) is 5.71. The number of nitrogens with zero attached hydrogens (tertiary/aromatic N) is 2. The van der Waals surface area contributed by atoms with Crippen LogP contribution in [0.15, 0.2) is 46.6 Å². The molecule has 2 aromatic carbocycles. The van der Waals surface area contributed by atoms with Crippen LogP contribution < -0.4 is 11.5 Å². The molecule has 0 saturated heterocycles. The molecule has 4 N–H and O–H groups in total. The Hall–Kier alpha value is -2.36. The van der Waals surface area contributed by atoms with E-state index >= 15 is 0 Å². The van der Waals surface area contributed by atoms with Gasteiger partial charge in [-0.25, -0.2) is 0 Å². The third-order valence-corrected chi connectivity index (χ3v) is 2.80. The van der Waals surface area contributed by atoms with Crippen LogP contribution in [0.4, 0.5) is 22.7 Å². The molecule has 18 heavy (non-hydrogen) atoms. The van der Waals surface area contributed by atoms with Crippen LogP contribution in [0.5, 0.6) is 0 Å². The van der Waals surface area contributed by atoms with E-state index in [9.17, 15) is 0 Å². The Morgan fingerprint density at radius 1 is 0.778 bits per heavy atom. The molecule has 0 amide bonds. The van der Waals surface area contributed by atoms with Crippen molar-refractivity contribution < 1.29 is 0 Å². The molecular weight excluding hydrogens is 224 g/mol. The fraction of sp³-hybridized carbons (Fsp3) is 0.143. The second-order valence-electron chi connectivity index (χ2n) is 4.25. The summed E-state index contributed by atoms with van der Waals surface area (Å²) in [6.45, 7) is 3.91. The smallest absolute Gasteiger partial charge is 0.109 e. The van der Waals surface area contributed by atoms with Gasteiger partial charge in [-0.2, -0.15) is 5.11 Å². The van der Waals surface area contributed by atoms with Gasteiger partial charge in [-0.15, -0.1) is 5.11 Å². The summed E-state index contributed by atoms with van der Waals surface area (Å²) in [4.78, 5) is 0. The Bertz CT molecular complexity index is 603. The number of nitrogens with two attached hydrogens (primary N) is 2. The van der Waals surface area contributed by atoms with E-state index in [0.29, 0.717) is 17.1 Å². The summed E-state index contributed by atoms with van der Waals surface area (Å²) in [5, 5.41) is 8.40. The first kappa shape index (κ1) is 12.1. The SMILES string of the molecule is Cc1cc(N=Nc2ccccc2C)c(N)cc1N. The fourth-order valence-electron chi connectivity index (χ4n) is 1.60. The van der Waals surface area contributed by atoms with Gasteiger partial charge < -0.3 is 11.5 Å². The van der Waals surface area contributed by atoms with Crippen molar-refractivity contribution in [2.75, 3.05) is 11.5 Å². The van der Waals surface area contributed by atoms with Gasteiger partial charge in [-0.1, -0.05) is 18.2 Å². The summed E-state index contributed by atoms with van der Waals surface area (Å²) < 4.78 is 0. The minimum Gasteiger partial charge on any atom is -0.398 e. The van der Waals surface area contributed by atoms with Gasteiger partial charge in [0.05, 0.1) is 11.4 Å². The number of anilines is 2. The highest BCUT2D eigenvalue weighted by molar-refractivity contribution is 5.70. The third-order valence-electron chi connectivity index (χ3n) is 2.80. The number of aryl methyl sites for hydroxylation is 2. The maximum absolute atomic E-state index is 5.86. The van der Waals surface area contributed by atoms with Crippen molar-refractivity contribution in [2.24, 2.45) is 10.2 Å². The summed E-state index contributed by atoms with van der Waals surface area (Å²) in [5.74, 6) is 0. The van der Waals surface area contributed by atoms with Crippen molar-refractivity contribution in [3.8, 4) is 0 Å². The molecule has 0 fully saturated rings. The Labute approximate surface area is 106 Å². The van der Waals surface area contributed by atoms with Gasteiger partial charge in [0, 0.05) is 5.69 Å². The normalized spacial score (nSPS) is 11.0. The van der Waals surface area contributed by atoms with Crippen molar-refractivity contribution in [3.05, 3.63) is 47.5 Å². The zero-order valence-corrected chi connectivity index (χ0v) is 10.5. The van der Waals surface area contributed by atoms with Gasteiger partial charge in [-0.05, 0) is 43.2 Å². The van der Waals surface area contributed by atoms with Crippen LogP contribution in [0.1, 0.15) is 11.1 Å². The van der Waals surface area contributed by atoms with Gasteiger partial charge in [0.25, 0.3) is 0 Å². The Kier molecular flexibility index (Phi) is 3.28. The summed E-state index contributed by atoms with van der Waals surface area (Å²) in [5.41, 5.74) is 16.3. The van der Waals surface area contributed by atoms with Crippen LogP contribution in [-0.2, 0) is 0 Å². The van der Waals surface area contributed by atoms with Gasteiger partial charge >= 0.3 is 0 Å². The van der Waals surface area contributed by atoms with E-state index in [2.05, 4.69) is 10.2 Å². The van der Waals surface area contributed by atoms with Crippen LogP contribution in [0.2, 0.25) is 0 Å². The topological polar surface area (TPSA) is 76.8 Å². The van der Waals surface area contributed by atoms with E-state index in [1.165, 1.54) is 0 Å². The number of hydrogen-bond acceptors (Lipinski definition) is 4. The molecule has 0 unspecified atom stereocenters. The first-order chi connectivity index (χ1) is 8.58. The van der Waals surface area contributed by atoms with Gasteiger partial charge in [-0.3, -0.25) is 0 Å². The van der Waals surface area contributed by atoms with Crippen molar-refractivity contribution in [1.29, 1.82) is 0 Å². The Morgan fingerprint density at radius 2 is 1.44 bits per heavy atom. The third kappa shape index (κ3) is 2.48. The lowest BCUT2D eigenvalue weighted by molar-refractivity contribution is 1.21. The van der Waals surface area contributed by atoms with E-state index < -0.39 is 0 Å². The molecule has 0 bridgehead atoms. The monoisotopic (exact) mass is 240 g/mol. The van der Waals surface area contributed by atoms with Crippen molar-refractivity contribution in [1.82, 2.24) is 0 Å². The van der Waals surface area contributed by atoms with Crippen LogP contribution in [0.25, 0.3) is 0 Å². The van der Waals surface area contributed by atoms with Gasteiger partial charge in [0.2, 0.25) is 0 Å². The molecule has 2 aromatic rings. The number of azo groups is 1. The van der Waals surface area contributed by atoms with E-state index in [-0.39, 0.29) is 0 Å². The molecule has 0 aliphatic carbocycles. The fourth-order valence-corrected chi connectivity index (χ4v) is 1.60. The second-order valence-corrected chi connectivity index (χ2v) is 4.25. The predicted molar refractivity (Wildman–Crippen MR) is 75.4 cm³/mol.